The summed E-state index contributed by atoms with van der Waals surface area (Å²) in [6, 6.07) is 3.99. The smallest absolute Gasteiger partial charge is 0.299 e. The van der Waals surface area contributed by atoms with Crippen molar-refractivity contribution in [2.24, 2.45) is 11.8 Å². The molecule has 1 fully saturated rings. The summed E-state index contributed by atoms with van der Waals surface area (Å²) in [5.74, 6) is -3.52. The molecule has 0 aliphatic heterocycles. The Balaban J connectivity index is 2.14. The van der Waals surface area contributed by atoms with E-state index in [0.29, 0.717) is 22.9 Å². The molecule has 0 amide bonds. The molecule has 116 valence electrons. The lowest BCUT2D eigenvalue weighted by molar-refractivity contribution is -0.197. The molecular weight excluding hydrogens is 352 g/mol. The Morgan fingerprint density at radius 1 is 1.19 bits per heavy atom. The van der Waals surface area contributed by atoms with Gasteiger partial charge in [-0.1, -0.05) is 28.8 Å². The number of hydrogen-bond acceptors (Lipinski definition) is 1. The molecule has 1 saturated carbocycles. The lowest BCUT2D eigenvalue weighted by Crippen LogP contribution is -2.37. The van der Waals surface area contributed by atoms with E-state index < -0.39 is 29.6 Å². The maximum atomic E-state index is 13.3. The normalized spacial score (nSPS) is 23.1. The zero-order valence-corrected chi connectivity index (χ0v) is 12.8. The molecule has 1 nitrogen and oxygen atoms in total. The molecule has 2 rings (SSSR count). The van der Waals surface area contributed by atoms with E-state index in [1.807, 2.05) is 0 Å². The van der Waals surface area contributed by atoms with Gasteiger partial charge >= 0.3 is 6.18 Å². The standard InChI is InChI=1S/C15H15BrF4O/c16-10-5-9(6-11(17)8-10)7-14(21)12-3-1-2-4-13(12)15(18,19)20/h5-6,8,12-13H,1-4,7H2. The molecule has 6 heteroatoms. The molecule has 1 aromatic rings. The quantitative estimate of drug-likeness (QED) is 0.682. The van der Waals surface area contributed by atoms with Crippen molar-refractivity contribution < 1.29 is 22.4 Å². The summed E-state index contributed by atoms with van der Waals surface area (Å²) >= 11 is 3.11. The third kappa shape index (κ3) is 4.28. The molecule has 2 atom stereocenters. The molecule has 0 radical (unpaired) electrons. The van der Waals surface area contributed by atoms with Crippen molar-refractivity contribution in [3.63, 3.8) is 0 Å². The van der Waals surface area contributed by atoms with Gasteiger partial charge in [0.15, 0.2) is 0 Å². The second kappa shape index (κ2) is 6.46. The highest BCUT2D eigenvalue weighted by Crippen LogP contribution is 2.42. The first-order valence-corrected chi connectivity index (χ1v) is 7.61. The molecule has 0 N–H and O–H groups in total. The van der Waals surface area contributed by atoms with Gasteiger partial charge in [-0.25, -0.2) is 4.39 Å². The maximum Gasteiger partial charge on any atom is 0.392 e. The van der Waals surface area contributed by atoms with Gasteiger partial charge in [0.1, 0.15) is 11.6 Å². The minimum Gasteiger partial charge on any atom is -0.299 e. The molecule has 0 bridgehead atoms. The second-order valence-corrected chi connectivity index (χ2v) is 6.38. The highest BCUT2D eigenvalue weighted by molar-refractivity contribution is 9.10. The predicted octanol–water partition coefficient (Wildman–Crippen LogP) is 5.07. The average molecular weight is 367 g/mol. The van der Waals surface area contributed by atoms with Crippen LogP contribution in [0.2, 0.25) is 0 Å². The Bertz CT molecular complexity index is 507. The Morgan fingerprint density at radius 3 is 2.48 bits per heavy atom. The Hall–Kier alpha value is -0.910. The van der Waals surface area contributed by atoms with Crippen molar-refractivity contribution in [1.29, 1.82) is 0 Å². The van der Waals surface area contributed by atoms with Gasteiger partial charge in [-0.3, -0.25) is 4.79 Å². The molecule has 1 aromatic carbocycles. The van der Waals surface area contributed by atoms with E-state index >= 15 is 0 Å². The van der Waals surface area contributed by atoms with E-state index in [2.05, 4.69) is 15.9 Å². The number of rotatable bonds is 3. The number of halogens is 5. The summed E-state index contributed by atoms with van der Waals surface area (Å²) in [4.78, 5) is 12.2. The van der Waals surface area contributed by atoms with Gasteiger partial charge in [0.25, 0.3) is 0 Å². The third-order valence-corrected chi connectivity index (χ3v) is 4.36. The molecule has 1 aliphatic rings. The largest absolute Gasteiger partial charge is 0.392 e. The lowest BCUT2D eigenvalue weighted by Gasteiger charge is -2.32. The minimum atomic E-state index is -4.34. The number of hydrogen-bond donors (Lipinski definition) is 0. The van der Waals surface area contributed by atoms with Crippen LogP contribution in [-0.4, -0.2) is 12.0 Å². The summed E-state index contributed by atoms with van der Waals surface area (Å²) in [6.07, 6.45) is -3.10. The van der Waals surface area contributed by atoms with Crippen LogP contribution in [0.1, 0.15) is 31.2 Å². The fraction of sp³-hybridized carbons (Fsp3) is 0.533. The van der Waals surface area contributed by atoms with Crippen molar-refractivity contribution in [3.8, 4) is 0 Å². The number of ketones is 1. The van der Waals surface area contributed by atoms with Crippen molar-refractivity contribution in [2.75, 3.05) is 0 Å². The van der Waals surface area contributed by atoms with Gasteiger partial charge in [0, 0.05) is 16.8 Å². The van der Waals surface area contributed by atoms with Crippen LogP contribution in [0.5, 0.6) is 0 Å². The van der Waals surface area contributed by atoms with Gasteiger partial charge in [-0.05, 0) is 36.6 Å². The molecule has 0 heterocycles. The van der Waals surface area contributed by atoms with Crippen LogP contribution in [0.4, 0.5) is 17.6 Å². The molecule has 1 aliphatic carbocycles. The van der Waals surface area contributed by atoms with Crippen molar-refractivity contribution in [3.05, 3.63) is 34.1 Å². The molecule has 0 spiro atoms. The van der Waals surface area contributed by atoms with Crippen molar-refractivity contribution in [2.45, 2.75) is 38.3 Å². The van der Waals surface area contributed by atoms with E-state index in [9.17, 15) is 22.4 Å². The number of carbonyl (C=O) groups is 1. The first-order chi connectivity index (χ1) is 9.77. The Kier molecular flexibility index (Phi) is 5.07. The van der Waals surface area contributed by atoms with Gasteiger partial charge in [-0.2, -0.15) is 13.2 Å². The molecule has 0 saturated heterocycles. The number of carbonyl (C=O) groups excluding carboxylic acids is 1. The zero-order valence-electron chi connectivity index (χ0n) is 11.2. The van der Waals surface area contributed by atoms with E-state index in [4.69, 9.17) is 0 Å². The van der Waals surface area contributed by atoms with E-state index in [1.165, 1.54) is 12.1 Å². The number of benzene rings is 1. The van der Waals surface area contributed by atoms with E-state index in [-0.39, 0.29) is 19.3 Å². The fourth-order valence-electron chi connectivity index (χ4n) is 2.95. The van der Waals surface area contributed by atoms with E-state index in [0.717, 1.165) is 0 Å². The SMILES string of the molecule is O=C(Cc1cc(F)cc(Br)c1)C1CCCCC1C(F)(F)F. The zero-order chi connectivity index (χ0) is 15.6. The fourth-order valence-corrected chi connectivity index (χ4v) is 3.47. The Labute approximate surface area is 128 Å². The van der Waals surface area contributed by atoms with Crippen LogP contribution in [0, 0.1) is 17.7 Å². The van der Waals surface area contributed by atoms with Crippen LogP contribution in [-0.2, 0) is 11.2 Å². The van der Waals surface area contributed by atoms with Gasteiger partial charge in [0.2, 0.25) is 0 Å². The highest BCUT2D eigenvalue weighted by Gasteiger charge is 2.47. The van der Waals surface area contributed by atoms with Crippen LogP contribution >= 0.6 is 15.9 Å². The van der Waals surface area contributed by atoms with Crippen molar-refractivity contribution >= 4 is 21.7 Å². The van der Waals surface area contributed by atoms with Crippen LogP contribution < -0.4 is 0 Å². The Morgan fingerprint density at radius 2 is 1.86 bits per heavy atom. The molecule has 2 unspecified atom stereocenters. The predicted molar refractivity (Wildman–Crippen MR) is 74.3 cm³/mol. The monoisotopic (exact) mass is 366 g/mol. The number of alkyl halides is 3. The van der Waals surface area contributed by atoms with Crippen LogP contribution in [0.25, 0.3) is 0 Å². The topological polar surface area (TPSA) is 17.1 Å². The molecular formula is C15H15BrF4O. The van der Waals surface area contributed by atoms with E-state index in [1.54, 1.807) is 6.07 Å². The first-order valence-electron chi connectivity index (χ1n) is 6.82. The third-order valence-electron chi connectivity index (χ3n) is 3.90. The van der Waals surface area contributed by atoms with Gasteiger partial charge < -0.3 is 0 Å². The van der Waals surface area contributed by atoms with Crippen LogP contribution in [0.3, 0.4) is 0 Å². The second-order valence-electron chi connectivity index (χ2n) is 5.46. The summed E-state index contributed by atoms with van der Waals surface area (Å²) < 4.78 is 52.7. The van der Waals surface area contributed by atoms with Crippen LogP contribution in [0.15, 0.2) is 22.7 Å². The maximum absolute atomic E-state index is 13.3. The molecule has 0 aromatic heterocycles. The summed E-state index contributed by atoms with van der Waals surface area (Å²) in [5, 5.41) is 0. The summed E-state index contributed by atoms with van der Waals surface area (Å²) in [6.45, 7) is 0. The minimum absolute atomic E-state index is 0.00670. The lowest BCUT2D eigenvalue weighted by atomic mass is 9.75. The highest BCUT2D eigenvalue weighted by atomic mass is 79.9. The average Bonchev–Trinajstić information content (AvgIpc) is 2.36. The molecule has 21 heavy (non-hydrogen) atoms. The van der Waals surface area contributed by atoms with Gasteiger partial charge in [-0.15, -0.1) is 0 Å². The summed E-state index contributed by atoms with van der Waals surface area (Å²) in [5.41, 5.74) is 0.401. The summed E-state index contributed by atoms with van der Waals surface area (Å²) in [7, 11) is 0. The van der Waals surface area contributed by atoms with Gasteiger partial charge in [0.05, 0.1) is 5.92 Å². The first kappa shape index (κ1) is 16.5. The number of Topliss-reactive ketones (excluding diaryl/α,β-unsaturated/α-hetero) is 1. The van der Waals surface area contributed by atoms with Crippen molar-refractivity contribution in [1.82, 2.24) is 0 Å².